The quantitative estimate of drug-likeness (QED) is 0.715. The minimum absolute atomic E-state index is 0.721. The van der Waals surface area contributed by atoms with Crippen molar-refractivity contribution in [3.8, 4) is 6.07 Å². The minimum Gasteiger partial charge on any atom is -0.311 e. The molecule has 0 saturated heterocycles. The predicted molar refractivity (Wildman–Crippen MR) is 75.3 cm³/mol. The molecule has 1 aromatic carbocycles. The van der Waals surface area contributed by atoms with Gasteiger partial charge in [-0.15, -0.1) is 0 Å². The van der Waals surface area contributed by atoms with E-state index in [0.29, 0.717) is 0 Å². The van der Waals surface area contributed by atoms with Gasteiger partial charge in [0.05, 0.1) is 11.6 Å². The molecule has 3 nitrogen and oxygen atoms in total. The zero-order chi connectivity index (χ0) is 13.2. The van der Waals surface area contributed by atoms with E-state index in [2.05, 4.69) is 30.1 Å². The molecule has 1 N–H and O–H groups in total. The number of hydrogen-bond donors (Lipinski definition) is 1. The molecule has 3 heteroatoms. The molecule has 1 aromatic rings. The third kappa shape index (κ3) is 5.31. The van der Waals surface area contributed by atoms with Gasteiger partial charge in [0.25, 0.3) is 0 Å². The molecule has 0 unspecified atom stereocenters. The first-order valence-electron chi connectivity index (χ1n) is 6.72. The number of hydrogen-bond acceptors (Lipinski definition) is 3. The zero-order valence-electron chi connectivity index (χ0n) is 11.4. The van der Waals surface area contributed by atoms with Gasteiger partial charge in [-0.05, 0) is 37.2 Å². The Morgan fingerprint density at radius 1 is 1.17 bits per heavy atom. The summed E-state index contributed by atoms with van der Waals surface area (Å²) in [6, 6.07) is 9.88. The Balaban J connectivity index is 2.22. The van der Waals surface area contributed by atoms with Crippen molar-refractivity contribution in [2.75, 3.05) is 26.2 Å². The molecule has 18 heavy (non-hydrogen) atoms. The van der Waals surface area contributed by atoms with Crippen molar-refractivity contribution < 1.29 is 0 Å². The van der Waals surface area contributed by atoms with Gasteiger partial charge >= 0.3 is 0 Å². The van der Waals surface area contributed by atoms with Crippen molar-refractivity contribution >= 4 is 0 Å². The molecule has 1 rings (SSSR count). The van der Waals surface area contributed by atoms with E-state index < -0.39 is 0 Å². The molecule has 0 fully saturated rings. The maximum absolute atomic E-state index is 8.71. The molecular formula is C15H23N3. The highest BCUT2D eigenvalue weighted by Crippen LogP contribution is 2.02. The maximum atomic E-state index is 8.71. The zero-order valence-corrected chi connectivity index (χ0v) is 11.4. The molecule has 0 atom stereocenters. The van der Waals surface area contributed by atoms with Crippen LogP contribution in [-0.2, 0) is 6.54 Å². The molecule has 0 spiro atoms. The summed E-state index contributed by atoms with van der Waals surface area (Å²) in [6.45, 7) is 9.69. The molecule has 0 bridgehead atoms. The first-order chi connectivity index (χ1) is 8.80. The molecule has 0 aliphatic carbocycles. The van der Waals surface area contributed by atoms with Crippen LogP contribution in [0.1, 0.15) is 31.4 Å². The van der Waals surface area contributed by atoms with Gasteiger partial charge in [-0.3, -0.25) is 0 Å². The third-order valence-electron chi connectivity index (χ3n) is 3.00. The predicted octanol–water partition coefficient (Wildman–Crippen LogP) is 2.38. The van der Waals surface area contributed by atoms with E-state index in [0.717, 1.165) is 31.7 Å². The smallest absolute Gasteiger partial charge is 0.0991 e. The summed E-state index contributed by atoms with van der Waals surface area (Å²) in [4.78, 5) is 2.45. The van der Waals surface area contributed by atoms with Gasteiger partial charge in [0.2, 0.25) is 0 Å². The molecule has 0 amide bonds. The summed E-state index contributed by atoms with van der Waals surface area (Å²) >= 11 is 0. The van der Waals surface area contributed by atoms with Gasteiger partial charge < -0.3 is 10.2 Å². The Morgan fingerprint density at radius 2 is 1.89 bits per heavy atom. The summed E-state index contributed by atoms with van der Waals surface area (Å²) in [5.74, 6) is 0. The van der Waals surface area contributed by atoms with E-state index in [1.807, 2.05) is 24.3 Å². The van der Waals surface area contributed by atoms with E-state index >= 15 is 0 Å². The first kappa shape index (κ1) is 14.7. The molecule has 0 aromatic heterocycles. The fourth-order valence-electron chi connectivity index (χ4n) is 1.91. The normalized spacial score (nSPS) is 10.6. The molecule has 0 aliphatic rings. The highest BCUT2D eigenvalue weighted by Gasteiger charge is 1.99. The van der Waals surface area contributed by atoms with E-state index in [1.165, 1.54) is 18.5 Å². The Morgan fingerprint density at radius 3 is 2.44 bits per heavy atom. The van der Waals surface area contributed by atoms with E-state index in [4.69, 9.17) is 5.26 Å². The average molecular weight is 245 g/mol. The molecule has 0 radical (unpaired) electrons. The summed E-state index contributed by atoms with van der Waals surface area (Å²) < 4.78 is 0. The second-order valence-corrected chi connectivity index (χ2v) is 4.42. The SMILES string of the molecule is CCCN(CC)CCNCc1ccc(C#N)cc1. The highest BCUT2D eigenvalue weighted by molar-refractivity contribution is 5.31. The lowest BCUT2D eigenvalue weighted by atomic mass is 10.1. The van der Waals surface area contributed by atoms with Crippen LogP contribution in [0.15, 0.2) is 24.3 Å². The number of nitriles is 1. The van der Waals surface area contributed by atoms with Crippen molar-refractivity contribution in [2.24, 2.45) is 0 Å². The fraction of sp³-hybridized carbons (Fsp3) is 0.533. The van der Waals surface area contributed by atoms with Crippen LogP contribution in [-0.4, -0.2) is 31.1 Å². The van der Waals surface area contributed by atoms with Gasteiger partial charge in [-0.25, -0.2) is 0 Å². The van der Waals surface area contributed by atoms with Crippen LogP contribution < -0.4 is 5.32 Å². The lowest BCUT2D eigenvalue weighted by Gasteiger charge is -2.19. The van der Waals surface area contributed by atoms with Gasteiger partial charge in [0, 0.05) is 19.6 Å². The van der Waals surface area contributed by atoms with Gasteiger partial charge in [0.15, 0.2) is 0 Å². The number of nitrogens with one attached hydrogen (secondary N) is 1. The Labute approximate surface area is 110 Å². The lowest BCUT2D eigenvalue weighted by molar-refractivity contribution is 0.287. The molecule has 0 heterocycles. The lowest BCUT2D eigenvalue weighted by Crippen LogP contribution is -2.32. The largest absolute Gasteiger partial charge is 0.311 e. The average Bonchev–Trinajstić information content (AvgIpc) is 2.43. The van der Waals surface area contributed by atoms with Crippen LogP contribution in [0.4, 0.5) is 0 Å². The van der Waals surface area contributed by atoms with Crippen molar-refractivity contribution in [1.82, 2.24) is 10.2 Å². The molecule has 98 valence electrons. The minimum atomic E-state index is 0.721. The monoisotopic (exact) mass is 245 g/mol. The second-order valence-electron chi connectivity index (χ2n) is 4.42. The van der Waals surface area contributed by atoms with Crippen LogP contribution in [0.5, 0.6) is 0 Å². The topological polar surface area (TPSA) is 39.1 Å². The van der Waals surface area contributed by atoms with E-state index in [-0.39, 0.29) is 0 Å². The number of likely N-dealkylation sites (N-methyl/N-ethyl adjacent to an activating group) is 1. The Kier molecular flexibility index (Phi) is 7.09. The molecular weight excluding hydrogens is 222 g/mol. The number of benzene rings is 1. The Hall–Kier alpha value is -1.37. The highest BCUT2D eigenvalue weighted by atomic mass is 15.1. The standard InChI is InChI=1S/C15H23N3/c1-3-10-18(4-2)11-9-17-13-15-7-5-14(12-16)6-8-15/h5-8,17H,3-4,9-11,13H2,1-2H3. The van der Waals surface area contributed by atoms with Crippen molar-refractivity contribution in [2.45, 2.75) is 26.8 Å². The van der Waals surface area contributed by atoms with Crippen LogP contribution in [0, 0.1) is 11.3 Å². The van der Waals surface area contributed by atoms with Gasteiger partial charge in [0.1, 0.15) is 0 Å². The first-order valence-corrected chi connectivity index (χ1v) is 6.72. The molecule has 0 saturated carbocycles. The van der Waals surface area contributed by atoms with Crippen molar-refractivity contribution in [3.05, 3.63) is 35.4 Å². The number of rotatable bonds is 8. The van der Waals surface area contributed by atoms with E-state index in [9.17, 15) is 0 Å². The summed E-state index contributed by atoms with van der Waals surface area (Å²) in [5, 5.41) is 12.1. The van der Waals surface area contributed by atoms with Crippen molar-refractivity contribution in [3.63, 3.8) is 0 Å². The summed E-state index contributed by atoms with van der Waals surface area (Å²) in [7, 11) is 0. The van der Waals surface area contributed by atoms with E-state index in [1.54, 1.807) is 0 Å². The van der Waals surface area contributed by atoms with Crippen LogP contribution in [0.2, 0.25) is 0 Å². The summed E-state index contributed by atoms with van der Waals surface area (Å²) in [6.07, 6.45) is 1.21. The van der Waals surface area contributed by atoms with Crippen LogP contribution in [0.25, 0.3) is 0 Å². The maximum Gasteiger partial charge on any atom is 0.0991 e. The number of nitrogens with zero attached hydrogens (tertiary/aromatic N) is 2. The molecule has 0 aliphatic heterocycles. The van der Waals surface area contributed by atoms with Crippen molar-refractivity contribution in [1.29, 1.82) is 5.26 Å². The van der Waals surface area contributed by atoms with Gasteiger partial charge in [-0.2, -0.15) is 5.26 Å². The third-order valence-corrected chi connectivity index (χ3v) is 3.00. The fourth-order valence-corrected chi connectivity index (χ4v) is 1.91. The van der Waals surface area contributed by atoms with Gasteiger partial charge in [-0.1, -0.05) is 26.0 Å². The summed E-state index contributed by atoms with van der Waals surface area (Å²) in [5.41, 5.74) is 1.95. The second kappa shape index (κ2) is 8.68. The Bertz CT molecular complexity index is 364. The van der Waals surface area contributed by atoms with Crippen LogP contribution in [0.3, 0.4) is 0 Å². The van der Waals surface area contributed by atoms with Crippen LogP contribution >= 0.6 is 0 Å².